The van der Waals surface area contributed by atoms with Gasteiger partial charge in [-0.15, -0.1) is 0 Å². The van der Waals surface area contributed by atoms with Gasteiger partial charge in [0.15, 0.2) is 5.82 Å². The largest absolute Gasteiger partial charge is 0.355 e. The summed E-state index contributed by atoms with van der Waals surface area (Å²) in [4.78, 5) is 20.2. The van der Waals surface area contributed by atoms with Crippen molar-refractivity contribution in [1.82, 2.24) is 9.97 Å². The van der Waals surface area contributed by atoms with E-state index in [1.165, 1.54) is 32.0 Å². The first-order chi connectivity index (χ1) is 8.22. The molecule has 0 amide bonds. The molecule has 1 saturated heterocycles. The first-order valence-electron chi connectivity index (χ1n) is 6.20. The zero-order valence-electron chi connectivity index (χ0n) is 10.1. The topological polar surface area (TPSA) is 49.0 Å². The minimum absolute atomic E-state index is 0.210. The van der Waals surface area contributed by atoms with Gasteiger partial charge in [0.25, 0.3) is 5.56 Å². The molecule has 17 heavy (non-hydrogen) atoms. The standard InChI is InChI=1S/C12H18ClN3O/c1-2-3-9-4-6-16(7-5-9)11-10(13)12(17)15-8-14-11/h8-9H,2-7H2,1H3,(H,14,15,17). The van der Waals surface area contributed by atoms with E-state index in [9.17, 15) is 4.79 Å². The van der Waals surface area contributed by atoms with Crippen LogP contribution in [-0.4, -0.2) is 23.1 Å². The number of hydrogen-bond acceptors (Lipinski definition) is 3. The molecule has 1 aromatic rings. The molecule has 0 atom stereocenters. The Balaban J connectivity index is 2.05. The van der Waals surface area contributed by atoms with E-state index in [1.54, 1.807) is 0 Å². The second-order valence-corrected chi connectivity index (χ2v) is 4.97. The molecule has 0 radical (unpaired) electrons. The van der Waals surface area contributed by atoms with Gasteiger partial charge in [-0.05, 0) is 18.8 Å². The summed E-state index contributed by atoms with van der Waals surface area (Å²) in [5.74, 6) is 1.45. The average molecular weight is 256 g/mol. The number of aromatic amines is 1. The maximum Gasteiger partial charge on any atom is 0.271 e. The molecule has 0 spiro atoms. The first-order valence-corrected chi connectivity index (χ1v) is 6.58. The first kappa shape index (κ1) is 12.4. The van der Waals surface area contributed by atoms with Crippen molar-refractivity contribution in [1.29, 1.82) is 0 Å². The maximum atomic E-state index is 11.4. The van der Waals surface area contributed by atoms with Crippen molar-refractivity contribution < 1.29 is 0 Å². The van der Waals surface area contributed by atoms with E-state index in [0.717, 1.165) is 19.0 Å². The Morgan fingerprint density at radius 3 is 2.88 bits per heavy atom. The van der Waals surface area contributed by atoms with Crippen LogP contribution >= 0.6 is 11.6 Å². The highest BCUT2D eigenvalue weighted by molar-refractivity contribution is 6.32. The second-order valence-electron chi connectivity index (χ2n) is 4.59. The SMILES string of the molecule is CCCC1CCN(c2nc[nH]c(=O)c2Cl)CC1. The molecule has 2 rings (SSSR count). The highest BCUT2D eigenvalue weighted by Crippen LogP contribution is 2.27. The van der Waals surface area contributed by atoms with Crippen LogP contribution in [0.3, 0.4) is 0 Å². The lowest BCUT2D eigenvalue weighted by molar-refractivity contribution is 0.377. The van der Waals surface area contributed by atoms with E-state index in [1.807, 2.05) is 0 Å². The number of aromatic nitrogens is 2. The van der Waals surface area contributed by atoms with Crippen molar-refractivity contribution in [2.45, 2.75) is 32.6 Å². The van der Waals surface area contributed by atoms with Gasteiger partial charge in [-0.25, -0.2) is 4.98 Å². The van der Waals surface area contributed by atoms with Crippen LogP contribution in [0.15, 0.2) is 11.1 Å². The maximum absolute atomic E-state index is 11.4. The number of hydrogen-bond donors (Lipinski definition) is 1. The van der Waals surface area contributed by atoms with Crippen LogP contribution in [0.4, 0.5) is 5.82 Å². The molecule has 0 aromatic carbocycles. The van der Waals surface area contributed by atoms with E-state index in [4.69, 9.17) is 11.6 Å². The van der Waals surface area contributed by atoms with Crippen LogP contribution in [0, 0.1) is 5.92 Å². The van der Waals surface area contributed by atoms with Crippen LogP contribution < -0.4 is 10.5 Å². The van der Waals surface area contributed by atoms with Crippen LogP contribution in [0.1, 0.15) is 32.6 Å². The van der Waals surface area contributed by atoms with Crippen molar-refractivity contribution in [3.63, 3.8) is 0 Å². The Labute approximate surface area is 106 Å². The molecular weight excluding hydrogens is 238 g/mol. The van der Waals surface area contributed by atoms with Crippen molar-refractivity contribution in [2.24, 2.45) is 5.92 Å². The number of piperidine rings is 1. The highest BCUT2D eigenvalue weighted by atomic mass is 35.5. The predicted octanol–water partition coefficient (Wildman–Crippen LogP) is 2.44. The summed E-state index contributed by atoms with van der Waals surface area (Å²) in [6.07, 6.45) is 6.29. The number of H-pyrrole nitrogens is 1. The summed E-state index contributed by atoms with van der Waals surface area (Å²) in [6, 6.07) is 0. The molecule has 0 unspecified atom stereocenters. The lowest BCUT2D eigenvalue weighted by Crippen LogP contribution is -2.35. The van der Waals surface area contributed by atoms with Crippen LogP contribution in [0.25, 0.3) is 0 Å². The molecule has 0 aliphatic carbocycles. The lowest BCUT2D eigenvalue weighted by atomic mass is 9.92. The molecule has 1 aromatic heterocycles. The smallest absolute Gasteiger partial charge is 0.271 e. The van der Waals surface area contributed by atoms with E-state index in [-0.39, 0.29) is 10.6 Å². The Morgan fingerprint density at radius 2 is 2.24 bits per heavy atom. The third-order valence-electron chi connectivity index (χ3n) is 3.39. The molecule has 2 heterocycles. The van der Waals surface area contributed by atoms with E-state index in [0.29, 0.717) is 5.82 Å². The Hall–Kier alpha value is -1.03. The zero-order valence-corrected chi connectivity index (χ0v) is 10.8. The van der Waals surface area contributed by atoms with Crippen molar-refractivity contribution in [3.8, 4) is 0 Å². The third kappa shape index (κ3) is 2.80. The Morgan fingerprint density at radius 1 is 1.53 bits per heavy atom. The summed E-state index contributed by atoms with van der Waals surface area (Å²) < 4.78 is 0. The molecule has 0 saturated carbocycles. The van der Waals surface area contributed by atoms with Crippen molar-refractivity contribution >= 4 is 17.4 Å². The van der Waals surface area contributed by atoms with Crippen LogP contribution in [0.5, 0.6) is 0 Å². The molecule has 94 valence electrons. The molecule has 1 fully saturated rings. The van der Waals surface area contributed by atoms with Gasteiger partial charge in [0.1, 0.15) is 5.02 Å². The van der Waals surface area contributed by atoms with Gasteiger partial charge < -0.3 is 9.88 Å². The number of nitrogens with one attached hydrogen (secondary N) is 1. The monoisotopic (exact) mass is 255 g/mol. The fraction of sp³-hybridized carbons (Fsp3) is 0.667. The van der Waals surface area contributed by atoms with E-state index >= 15 is 0 Å². The second kappa shape index (κ2) is 5.54. The molecule has 4 nitrogen and oxygen atoms in total. The minimum Gasteiger partial charge on any atom is -0.355 e. The third-order valence-corrected chi connectivity index (χ3v) is 3.73. The minimum atomic E-state index is -0.257. The van der Waals surface area contributed by atoms with E-state index in [2.05, 4.69) is 21.8 Å². The van der Waals surface area contributed by atoms with Gasteiger partial charge in [0.05, 0.1) is 6.33 Å². The molecule has 1 aliphatic rings. The Kier molecular flexibility index (Phi) is 4.05. The molecular formula is C12H18ClN3O. The summed E-state index contributed by atoms with van der Waals surface area (Å²) in [7, 11) is 0. The summed E-state index contributed by atoms with van der Waals surface area (Å²) in [5, 5.41) is 0.210. The fourth-order valence-electron chi connectivity index (χ4n) is 2.44. The van der Waals surface area contributed by atoms with Gasteiger partial charge in [-0.2, -0.15) is 0 Å². The molecule has 0 bridgehead atoms. The van der Waals surface area contributed by atoms with Gasteiger partial charge >= 0.3 is 0 Å². The lowest BCUT2D eigenvalue weighted by Gasteiger charge is -2.32. The number of rotatable bonds is 3. The van der Waals surface area contributed by atoms with Crippen LogP contribution in [-0.2, 0) is 0 Å². The molecule has 1 N–H and O–H groups in total. The number of halogens is 1. The van der Waals surface area contributed by atoms with E-state index < -0.39 is 0 Å². The highest BCUT2D eigenvalue weighted by Gasteiger charge is 2.21. The summed E-state index contributed by atoms with van der Waals surface area (Å²) in [6.45, 7) is 4.11. The summed E-state index contributed by atoms with van der Waals surface area (Å²) in [5.41, 5.74) is -0.257. The Bertz CT molecular complexity index is 424. The van der Waals surface area contributed by atoms with Gasteiger partial charge in [-0.3, -0.25) is 4.79 Å². The average Bonchev–Trinajstić information content (AvgIpc) is 2.34. The quantitative estimate of drug-likeness (QED) is 0.903. The fourth-order valence-corrected chi connectivity index (χ4v) is 2.66. The zero-order chi connectivity index (χ0) is 12.3. The van der Waals surface area contributed by atoms with Crippen molar-refractivity contribution in [3.05, 3.63) is 21.7 Å². The summed E-state index contributed by atoms with van der Waals surface area (Å²) >= 11 is 5.98. The van der Waals surface area contributed by atoms with Gasteiger partial charge in [0, 0.05) is 13.1 Å². The van der Waals surface area contributed by atoms with Crippen LogP contribution in [0.2, 0.25) is 5.02 Å². The number of nitrogens with zero attached hydrogens (tertiary/aromatic N) is 2. The number of anilines is 1. The van der Waals surface area contributed by atoms with Crippen molar-refractivity contribution in [2.75, 3.05) is 18.0 Å². The normalized spacial score (nSPS) is 17.4. The van der Waals surface area contributed by atoms with Gasteiger partial charge in [-0.1, -0.05) is 31.4 Å². The molecule has 1 aliphatic heterocycles. The predicted molar refractivity (Wildman–Crippen MR) is 69.7 cm³/mol. The van der Waals surface area contributed by atoms with Gasteiger partial charge in [0.2, 0.25) is 0 Å². The molecule has 5 heteroatoms.